The number of aromatic nitrogens is 1. The molecule has 1 fully saturated rings. The van der Waals surface area contributed by atoms with Crippen molar-refractivity contribution >= 4 is 15.9 Å². The van der Waals surface area contributed by atoms with Gasteiger partial charge in [0.1, 0.15) is 0 Å². The predicted molar refractivity (Wildman–Crippen MR) is 98.6 cm³/mol. The lowest BCUT2D eigenvalue weighted by molar-refractivity contribution is 0.0161. The summed E-state index contributed by atoms with van der Waals surface area (Å²) in [5.41, 5.74) is 0. The third-order valence-corrected chi connectivity index (χ3v) is 4.38. The fourth-order valence-electron chi connectivity index (χ4n) is 2.32. The molecule has 1 aromatic rings. The second-order valence-electron chi connectivity index (χ2n) is 6.05. The quantitative estimate of drug-likeness (QED) is 0.483. The van der Waals surface area contributed by atoms with Crippen LogP contribution in [-0.2, 0) is 9.47 Å². The Labute approximate surface area is 153 Å². The minimum Gasteiger partial charge on any atom is -0.478 e. The topological polar surface area (TPSA) is 52.6 Å². The van der Waals surface area contributed by atoms with Crippen LogP contribution in [0.25, 0.3) is 0 Å². The van der Waals surface area contributed by atoms with E-state index in [-0.39, 0.29) is 0 Å². The van der Waals surface area contributed by atoms with Crippen molar-refractivity contribution in [3.05, 3.63) is 22.8 Å². The molecule has 1 aliphatic heterocycles. The lowest BCUT2D eigenvalue weighted by Crippen LogP contribution is -2.48. The largest absolute Gasteiger partial charge is 0.478 e. The lowest BCUT2D eigenvalue weighted by atomic mass is 10.2. The Hall–Kier alpha value is -0.690. The normalized spacial score (nSPS) is 14.5. The highest BCUT2D eigenvalue weighted by Crippen LogP contribution is 2.12. The second kappa shape index (κ2) is 12.6. The third-order valence-electron chi connectivity index (χ3n) is 3.91. The summed E-state index contributed by atoms with van der Waals surface area (Å²) in [6, 6.07) is 3.81. The molecule has 1 N–H and O–H groups in total. The zero-order valence-corrected chi connectivity index (χ0v) is 15.9. The van der Waals surface area contributed by atoms with Crippen LogP contribution in [0.3, 0.4) is 0 Å². The van der Waals surface area contributed by atoms with Gasteiger partial charge in [0.2, 0.25) is 5.88 Å². The van der Waals surface area contributed by atoms with Crippen LogP contribution in [0, 0.1) is 0 Å². The van der Waals surface area contributed by atoms with Gasteiger partial charge in [0.05, 0.1) is 12.7 Å². The van der Waals surface area contributed by atoms with Crippen LogP contribution in [0.2, 0.25) is 0 Å². The van der Waals surface area contributed by atoms with E-state index in [1.807, 2.05) is 12.1 Å². The number of nitrogens with one attached hydrogen (secondary N) is 1. The summed E-state index contributed by atoms with van der Waals surface area (Å²) in [5.74, 6) is 0.687. The van der Waals surface area contributed by atoms with Gasteiger partial charge in [-0.3, -0.25) is 0 Å². The van der Waals surface area contributed by atoms with Crippen LogP contribution in [0.5, 0.6) is 5.88 Å². The predicted octanol–water partition coefficient (Wildman–Crippen LogP) is 3.57. The van der Waals surface area contributed by atoms with Crippen LogP contribution in [0.4, 0.5) is 0 Å². The first-order valence-electron chi connectivity index (χ1n) is 8.99. The number of ether oxygens (including phenoxy) is 3. The maximum Gasteiger partial charge on any atom is 0.213 e. The minimum atomic E-state index is 0.463. The average molecular weight is 401 g/mol. The summed E-state index contributed by atoms with van der Waals surface area (Å²) in [6.45, 7) is 5.36. The molecule has 24 heavy (non-hydrogen) atoms. The van der Waals surface area contributed by atoms with E-state index in [2.05, 4.69) is 26.2 Å². The number of hydrogen-bond acceptors (Lipinski definition) is 5. The Morgan fingerprint density at radius 3 is 2.29 bits per heavy atom. The van der Waals surface area contributed by atoms with Crippen LogP contribution >= 0.6 is 15.9 Å². The molecule has 5 nitrogen and oxygen atoms in total. The number of pyridine rings is 1. The van der Waals surface area contributed by atoms with E-state index in [0.717, 1.165) is 69.5 Å². The molecule has 0 atom stereocenters. The van der Waals surface area contributed by atoms with E-state index in [1.54, 1.807) is 6.20 Å². The molecule has 0 saturated carbocycles. The fraction of sp³-hybridized carbons (Fsp3) is 0.722. The summed E-state index contributed by atoms with van der Waals surface area (Å²) in [5, 5.41) is 3.21. The molecule has 0 radical (unpaired) electrons. The average Bonchev–Trinajstić information content (AvgIpc) is 2.55. The summed E-state index contributed by atoms with van der Waals surface area (Å²) in [6.07, 6.45) is 8.92. The lowest BCUT2D eigenvalue weighted by Gasteiger charge is -2.27. The molecule has 2 heterocycles. The van der Waals surface area contributed by atoms with Crippen LogP contribution in [0.1, 0.15) is 38.5 Å². The van der Waals surface area contributed by atoms with E-state index >= 15 is 0 Å². The Kier molecular flexibility index (Phi) is 10.3. The van der Waals surface area contributed by atoms with Gasteiger partial charge >= 0.3 is 0 Å². The van der Waals surface area contributed by atoms with Crippen LogP contribution in [-0.4, -0.2) is 50.6 Å². The van der Waals surface area contributed by atoms with Gasteiger partial charge in [-0.15, -0.1) is 0 Å². The zero-order valence-electron chi connectivity index (χ0n) is 14.3. The van der Waals surface area contributed by atoms with Crippen molar-refractivity contribution in [2.75, 3.05) is 39.5 Å². The Balaban J connectivity index is 1.27. The van der Waals surface area contributed by atoms with Gasteiger partial charge in [-0.25, -0.2) is 4.98 Å². The van der Waals surface area contributed by atoms with Crippen LogP contribution < -0.4 is 10.1 Å². The van der Waals surface area contributed by atoms with Crippen molar-refractivity contribution in [1.82, 2.24) is 10.3 Å². The molecule has 136 valence electrons. The molecular formula is C18H29BrN2O3. The number of unbranched alkanes of at least 4 members (excludes halogenated alkanes) is 4. The number of hydrogen-bond donors (Lipinski definition) is 1. The molecule has 0 unspecified atom stereocenters. The zero-order chi connectivity index (χ0) is 16.9. The van der Waals surface area contributed by atoms with Crippen molar-refractivity contribution in [3.8, 4) is 5.88 Å². The van der Waals surface area contributed by atoms with Crippen molar-refractivity contribution in [3.63, 3.8) is 0 Å². The standard InChI is InChI=1S/C18H29BrN2O3/c19-16-7-8-18(21-13-16)24-12-6-2-4-10-22-9-3-1-5-11-23-17-14-20-15-17/h7-8,13,17,20H,1-6,9-12,14-15H2. The Morgan fingerprint density at radius 1 is 0.958 bits per heavy atom. The number of halogens is 1. The third kappa shape index (κ3) is 8.97. The van der Waals surface area contributed by atoms with Gasteiger partial charge in [-0.05, 0) is 60.5 Å². The first-order valence-corrected chi connectivity index (χ1v) is 9.78. The molecule has 0 amide bonds. The van der Waals surface area contributed by atoms with Gasteiger partial charge in [-0.1, -0.05) is 0 Å². The van der Waals surface area contributed by atoms with Crippen molar-refractivity contribution < 1.29 is 14.2 Å². The van der Waals surface area contributed by atoms with E-state index in [0.29, 0.717) is 18.6 Å². The summed E-state index contributed by atoms with van der Waals surface area (Å²) >= 11 is 3.36. The second-order valence-corrected chi connectivity index (χ2v) is 6.96. The van der Waals surface area contributed by atoms with Gasteiger partial charge in [-0.2, -0.15) is 0 Å². The molecule has 1 aliphatic rings. The molecule has 0 aromatic carbocycles. The smallest absolute Gasteiger partial charge is 0.213 e. The van der Waals surface area contributed by atoms with Gasteiger partial charge < -0.3 is 19.5 Å². The maximum atomic E-state index is 5.68. The van der Waals surface area contributed by atoms with E-state index in [4.69, 9.17) is 14.2 Å². The Morgan fingerprint density at radius 2 is 1.67 bits per heavy atom. The number of rotatable bonds is 14. The summed E-state index contributed by atoms with van der Waals surface area (Å²) in [7, 11) is 0. The summed E-state index contributed by atoms with van der Waals surface area (Å²) < 4.78 is 17.9. The van der Waals surface area contributed by atoms with Gasteiger partial charge in [0, 0.05) is 49.6 Å². The van der Waals surface area contributed by atoms with Crippen LogP contribution in [0.15, 0.2) is 22.8 Å². The molecule has 2 rings (SSSR count). The number of nitrogens with zero attached hydrogens (tertiary/aromatic N) is 1. The fourth-order valence-corrected chi connectivity index (χ4v) is 2.56. The van der Waals surface area contributed by atoms with Gasteiger partial charge in [0.15, 0.2) is 0 Å². The molecule has 0 aliphatic carbocycles. The summed E-state index contributed by atoms with van der Waals surface area (Å²) in [4.78, 5) is 4.18. The van der Waals surface area contributed by atoms with E-state index < -0.39 is 0 Å². The molecule has 0 spiro atoms. The van der Waals surface area contributed by atoms with Crippen molar-refractivity contribution in [2.45, 2.75) is 44.6 Å². The molecule has 1 saturated heterocycles. The minimum absolute atomic E-state index is 0.463. The Bertz CT molecular complexity index is 427. The highest BCUT2D eigenvalue weighted by molar-refractivity contribution is 9.10. The maximum absolute atomic E-state index is 5.68. The highest BCUT2D eigenvalue weighted by atomic mass is 79.9. The molecule has 0 bridgehead atoms. The molecular weight excluding hydrogens is 372 g/mol. The molecule has 6 heteroatoms. The molecule has 1 aromatic heterocycles. The van der Waals surface area contributed by atoms with E-state index in [1.165, 1.54) is 6.42 Å². The van der Waals surface area contributed by atoms with E-state index in [9.17, 15) is 0 Å². The van der Waals surface area contributed by atoms with Gasteiger partial charge in [0.25, 0.3) is 0 Å². The SMILES string of the molecule is Brc1ccc(OCCCCCOCCCCCOC2CNC2)nc1. The van der Waals surface area contributed by atoms with Crippen molar-refractivity contribution in [1.29, 1.82) is 0 Å². The highest BCUT2D eigenvalue weighted by Gasteiger charge is 2.15. The monoisotopic (exact) mass is 400 g/mol. The van der Waals surface area contributed by atoms with Crippen molar-refractivity contribution in [2.24, 2.45) is 0 Å². The first-order chi connectivity index (χ1) is 11.8. The first kappa shape index (κ1) is 19.6.